The molecule has 6 heteroatoms. The molecule has 0 aliphatic rings. The van der Waals surface area contributed by atoms with Crippen molar-refractivity contribution in [2.75, 3.05) is 6.61 Å². The van der Waals surface area contributed by atoms with Crippen molar-refractivity contribution in [2.24, 2.45) is 0 Å². The van der Waals surface area contributed by atoms with Crippen LogP contribution >= 0.6 is 11.6 Å². The molecule has 0 atom stereocenters. The molecule has 0 amide bonds. The third-order valence-corrected chi connectivity index (χ3v) is 3.06. The van der Waals surface area contributed by atoms with E-state index in [4.69, 9.17) is 16.3 Å². The Bertz CT molecular complexity index is 677. The molecule has 100 valence electrons. The first-order chi connectivity index (χ1) is 9.09. The highest BCUT2D eigenvalue weighted by molar-refractivity contribution is 6.30. The van der Waals surface area contributed by atoms with Crippen LogP contribution in [-0.2, 0) is 6.54 Å². The van der Waals surface area contributed by atoms with Crippen LogP contribution in [0.2, 0.25) is 5.15 Å². The minimum absolute atomic E-state index is 0.0789. The zero-order chi connectivity index (χ0) is 13.8. The summed E-state index contributed by atoms with van der Waals surface area (Å²) in [7, 11) is 0. The van der Waals surface area contributed by atoms with E-state index >= 15 is 0 Å². The second-order valence-corrected chi connectivity index (χ2v) is 4.37. The largest absolute Gasteiger partial charge is 0.492 e. The summed E-state index contributed by atoms with van der Waals surface area (Å²) in [5.74, 6) is 0.692. The monoisotopic (exact) mass is 280 g/mol. The lowest BCUT2D eigenvalue weighted by molar-refractivity contribution is 0.293. The number of halogens is 1. The molecule has 0 fully saturated rings. The molecule has 0 saturated carbocycles. The fourth-order valence-electron chi connectivity index (χ4n) is 1.62. The average molecular weight is 281 g/mol. The van der Waals surface area contributed by atoms with Crippen molar-refractivity contribution >= 4 is 11.6 Å². The van der Waals surface area contributed by atoms with E-state index < -0.39 is 11.2 Å². The van der Waals surface area contributed by atoms with Gasteiger partial charge in [0.25, 0.3) is 5.56 Å². The summed E-state index contributed by atoms with van der Waals surface area (Å²) in [6, 6.07) is 9.19. The number of nitrogens with one attached hydrogen (secondary N) is 1. The van der Waals surface area contributed by atoms with Gasteiger partial charge < -0.3 is 4.74 Å². The summed E-state index contributed by atoms with van der Waals surface area (Å²) in [6.45, 7) is 1.96. The van der Waals surface area contributed by atoms with Crippen LogP contribution in [0.25, 0.3) is 0 Å². The maximum atomic E-state index is 11.9. The number of hydrogen-bond donors (Lipinski definition) is 1. The summed E-state index contributed by atoms with van der Waals surface area (Å²) >= 11 is 5.72. The average Bonchev–Trinajstić information content (AvgIpc) is 2.41. The van der Waals surface area contributed by atoms with Gasteiger partial charge in [-0.2, -0.15) is 0 Å². The maximum absolute atomic E-state index is 11.9. The highest BCUT2D eigenvalue weighted by atomic mass is 35.5. The summed E-state index contributed by atoms with van der Waals surface area (Å²) < 4.78 is 6.52. The highest BCUT2D eigenvalue weighted by Gasteiger charge is 2.08. The van der Waals surface area contributed by atoms with E-state index in [0.29, 0.717) is 11.3 Å². The standard InChI is InChI=1S/C13H13ClN2O3/c1-9-11(14)15-13(18)16(12(9)17)7-8-19-10-5-3-2-4-6-10/h2-6H,7-8H2,1H3,(H,15,18). The van der Waals surface area contributed by atoms with Crippen LogP contribution in [0.5, 0.6) is 5.75 Å². The van der Waals surface area contributed by atoms with Crippen LogP contribution in [0.3, 0.4) is 0 Å². The Morgan fingerprint density at radius 1 is 1.26 bits per heavy atom. The smallest absolute Gasteiger partial charge is 0.329 e. The summed E-state index contributed by atoms with van der Waals surface area (Å²) in [5, 5.41) is 0.0789. The van der Waals surface area contributed by atoms with Crippen molar-refractivity contribution in [3.05, 3.63) is 61.9 Å². The lowest BCUT2D eigenvalue weighted by Crippen LogP contribution is -2.38. The second kappa shape index (κ2) is 5.75. The Morgan fingerprint density at radius 2 is 1.95 bits per heavy atom. The van der Waals surface area contributed by atoms with E-state index in [-0.39, 0.29) is 18.3 Å². The van der Waals surface area contributed by atoms with Gasteiger partial charge in [0.05, 0.1) is 6.54 Å². The van der Waals surface area contributed by atoms with Gasteiger partial charge in [-0.3, -0.25) is 14.3 Å². The quantitative estimate of drug-likeness (QED) is 0.865. The Hall–Kier alpha value is -2.01. The SMILES string of the molecule is Cc1c(Cl)[nH]c(=O)n(CCOc2ccccc2)c1=O. The predicted molar refractivity (Wildman–Crippen MR) is 73.0 cm³/mol. The second-order valence-electron chi connectivity index (χ2n) is 3.99. The van der Waals surface area contributed by atoms with Crippen molar-refractivity contribution in [3.8, 4) is 5.75 Å². The van der Waals surface area contributed by atoms with E-state index in [1.807, 2.05) is 18.2 Å². The fourth-order valence-corrected chi connectivity index (χ4v) is 1.78. The van der Waals surface area contributed by atoms with Gasteiger partial charge in [0.1, 0.15) is 17.5 Å². The van der Waals surface area contributed by atoms with E-state index in [9.17, 15) is 9.59 Å². The van der Waals surface area contributed by atoms with E-state index in [0.717, 1.165) is 4.57 Å². The fraction of sp³-hybridized carbons (Fsp3) is 0.231. The molecular weight excluding hydrogens is 268 g/mol. The van der Waals surface area contributed by atoms with Crippen molar-refractivity contribution in [3.63, 3.8) is 0 Å². The number of rotatable bonds is 4. The lowest BCUT2D eigenvalue weighted by atomic mass is 10.3. The number of aromatic amines is 1. The van der Waals surface area contributed by atoms with Crippen LogP contribution in [0, 0.1) is 6.92 Å². The summed E-state index contributed by atoms with van der Waals surface area (Å²) in [4.78, 5) is 25.9. The zero-order valence-corrected chi connectivity index (χ0v) is 11.1. The zero-order valence-electron chi connectivity index (χ0n) is 10.4. The molecule has 0 aliphatic carbocycles. The highest BCUT2D eigenvalue weighted by Crippen LogP contribution is 2.08. The minimum atomic E-state index is -0.530. The van der Waals surface area contributed by atoms with E-state index in [1.165, 1.54) is 0 Å². The number of ether oxygens (including phenoxy) is 1. The van der Waals surface area contributed by atoms with Crippen LogP contribution in [0.15, 0.2) is 39.9 Å². The van der Waals surface area contributed by atoms with Gasteiger partial charge in [-0.25, -0.2) is 4.79 Å². The van der Waals surface area contributed by atoms with Crippen LogP contribution in [0.1, 0.15) is 5.56 Å². The molecule has 5 nitrogen and oxygen atoms in total. The molecule has 1 heterocycles. The molecule has 2 rings (SSSR count). The van der Waals surface area contributed by atoms with E-state index in [2.05, 4.69) is 4.98 Å². The first kappa shape index (κ1) is 13.4. The molecule has 19 heavy (non-hydrogen) atoms. The van der Waals surface area contributed by atoms with Crippen molar-refractivity contribution in [1.29, 1.82) is 0 Å². The Kier molecular flexibility index (Phi) is 4.06. The normalized spacial score (nSPS) is 10.4. The minimum Gasteiger partial charge on any atom is -0.492 e. The number of para-hydroxylation sites is 1. The molecule has 0 saturated heterocycles. The predicted octanol–water partition coefficient (Wildman–Crippen LogP) is 1.58. The Balaban J connectivity index is 2.11. The molecular formula is C13H13ClN2O3. The van der Waals surface area contributed by atoms with Crippen LogP contribution in [-0.4, -0.2) is 16.2 Å². The number of benzene rings is 1. The van der Waals surface area contributed by atoms with E-state index in [1.54, 1.807) is 19.1 Å². The Labute approximate surface area is 114 Å². The molecule has 0 spiro atoms. The number of aromatic nitrogens is 2. The molecule has 0 bridgehead atoms. The van der Waals surface area contributed by atoms with Gasteiger partial charge in [-0.15, -0.1) is 0 Å². The molecule has 1 aromatic heterocycles. The van der Waals surface area contributed by atoms with Gasteiger partial charge in [0, 0.05) is 5.56 Å². The molecule has 2 aromatic rings. The van der Waals surface area contributed by atoms with Crippen LogP contribution < -0.4 is 16.0 Å². The van der Waals surface area contributed by atoms with Gasteiger partial charge in [0.15, 0.2) is 0 Å². The summed E-state index contributed by atoms with van der Waals surface area (Å²) in [5.41, 5.74) is -0.608. The molecule has 0 aliphatic heterocycles. The maximum Gasteiger partial charge on any atom is 0.329 e. The lowest BCUT2D eigenvalue weighted by Gasteiger charge is -2.08. The third kappa shape index (κ3) is 3.06. The first-order valence-corrected chi connectivity index (χ1v) is 6.14. The van der Waals surface area contributed by atoms with Gasteiger partial charge in [-0.1, -0.05) is 29.8 Å². The Morgan fingerprint density at radius 3 is 2.63 bits per heavy atom. The van der Waals surface area contributed by atoms with Gasteiger partial charge in [0.2, 0.25) is 0 Å². The third-order valence-electron chi connectivity index (χ3n) is 2.68. The molecule has 1 N–H and O–H groups in total. The number of nitrogens with zero attached hydrogens (tertiary/aromatic N) is 1. The molecule has 0 unspecified atom stereocenters. The number of H-pyrrole nitrogens is 1. The van der Waals surface area contributed by atoms with Crippen molar-refractivity contribution in [2.45, 2.75) is 13.5 Å². The summed E-state index contributed by atoms with van der Waals surface area (Å²) in [6.07, 6.45) is 0. The van der Waals surface area contributed by atoms with Crippen LogP contribution in [0.4, 0.5) is 0 Å². The molecule has 1 aromatic carbocycles. The van der Waals surface area contributed by atoms with Gasteiger partial charge in [-0.05, 0) is 19.1 Å². The number of hydrogen-bond acceptors (Lipinski definition) is 3. The molecule has 0 radical (unpaired) electrons. The van der Waals surface area contributed by atoms with Gasteiger partial charge >= 0.3 is 5.69 Å². The first-order valence-electron chi connectivity index (χ1n) is 5.76. The van der Waals surface area contributed by atoms with Crippen molar-refractivity contribution in [1.82, 2.24) is 9.55 Å². The van der Waals surface area contributed by atoms with Crippen molar-refractivity contribution < 1.29 is 4.74 Å². The topological polar surface area (TPSA) is 64.1 Å².